The van der Waals surface area contributed by atoms with Crippen molar-refractivity contribution in [2.45, 2.75) is 77.6 Å². The average Bonchev–Trinajstić information content (AvgIpc) is 2.28. The maximum absolute atomic E-state index is 6.36. The van der Waals surface area contributed by atoms with E-state index in [-0.39, 0.29) is 0 Å². The van der Waals surface area contributed by atoms with Crippen LogP contribution in [0.25, 0.3) is 0 Å². The summed E-state index contributed by atoms with van der Waals surface area (Å²) in [7, 11) is -1.61. The molecule has 0 aromatic heterocycles. The summed E-state index contributed by atoms with van der Waals surface area (Å²) in [6, 6.07) is 0. The van der Waals surface area contributed by atoms with Crippen molar-refractivity contribution in [2.24, 2.45) is 5.92 Å². The van der Waals surface area contributed by atoms with Gasteiger partial charge in [-0.05, 0) is 56.7 Å². The van der Waals surface area contributed by atoms with Gasteiger partial charge in [-0.15, -0.1) is 0 Å². The molecule has 0 spiro atoms. The molecule has 19 heavy (non-hydrogen) atoms. The third-order valence-corrected chi connectivity index (χ3v) is 9.05. The largest absolute Gasteiger partial charge is 0.414 e. The second-order valence-electron chi connectivity index (χ2n) is 7.38. The monoisotopic (exact) mass is 280 g/mol. The van der Waals surface area contributed by atoms with Gasteiger partial charge < -0.3 is 4.43 Å². The first-order valence-corrected chi connectivity index (χ1v) is 10.6. The smallest absolute Gasteiger partial charge is 0.192 e. The van der Waals surface area contributed by atoms with E-state index in [1.807, 2.05) is 0 Å². The van der Waals surface area contributed by atoms with E-state index in [4.69, 9.17) is 4.43 Å². The third-order valence-electron chi connectivity index (χ3n) is 4.44. The fourth-order valence-corrected chi connectivity index (χ4v) is 3.63. The molecule has 1 rings (SSSR count). The minimum atomic E-state index is -1.61. The fraction of sp³-hybridized carbons (Fsp3) is 0.765. The van der Waals surface area contributed by atoms with Gasteiger partial charge in [0.1, 0.15) is 0 Å². The quantitative estimate of drug-likeness (QED) is 0.463. The Labute approximate surface area is 121 Å². The molecule has 1 nitrogen and oxygen atoms in total. The van der Waals surface area contributed by atoms with Crippen LogP contribution in [-0.4, -0.2) is 14.4 Å². The van der Waals surface area contributed by atoms with Gasteiger partial charge in [0.05, 0.1) is 0 Å². The first-order valence-electron chi connectivity index (χ1n) is 7.73. The van der Waals surface area contributed by atoms with E-state index >= 15 is 0 Å². The van der Waals surface area contributed by atoms with Crippen LogP contribution in [-0.2, 0) is 4.43 Å². The lowest BCUT2D eigenvalue weighted by Crippen LogP contribution is -2.43. The first kappa shape index (κ1) is 16.7. The number of allylic oxidation sites excluding steroid dienone is 3. The van der Waals surface area contributed by atoms with Crippen LogP contribution in [0.15, 0.2) is 24.3 Å². The second kappa shape index (κ2) is 6.89. The molecule has 0 N–H and O–H groups in total. The summed E-state index contributed by atoms with van der Waals surface area (Å²) in [6.07, 6.45) is 14.6. The summed E-state index contributed by atoms with van der Waals surface area (Å²) in [6.45, 7) is 13.8. The van der Waals surface area contributed by atoms with E-state index in [1.165, 1.54) is 19.3 Å². The molecule has 0 fully saturated rings. The van der Waals surface area contributed by atoms with Crippen molar-refractivity contribution in [3.8, 4) is 0 Å². The van der Waals surface area contributed by atoms with E-state index in [0.29, 0.717) is 17.1 Å². The summed E-state index contributed by atoms with van der Waals surface area (Å²) in [4.78, 5) is 0. The maximum Gasteiger partial charge on any atom is 0.192 e. The second-order valence-corrected chi connectivity index (χ2v) is 12.1. The molecule has 2 atom stereocenters. The molecule has 0 aromatic carbocycles. The Bertz CT molecular complexity index is 323. The molecular weight excluding hydrogens is 248 g/mol. The highest BCUT2D eigenvalue weighted by atomic mass is 28.4. The molecule has 0 heterocycles. The Morgan fingerprint density at radius 1 is 1.37 bits per heavy atom. The molecule has 110 valence electrons. The number of hydrogen-bond donors (Lipinski definition) is 0. The highest BCUT2D eigenvalue weighted by Crippen LogP contribution is 2.37. The van der Waals surface area contributed by atoms with Crippen LogP contribution in [0.4, 0.5) is 0 Å². The van der Waals surface area contributed by atoms with E-state index in [0.717, 1.165) is 6.42 Å². The van der Waals surface area contributed by atoms with Crippen molar-refractivity contribution in [2.75, 3.05) is 0 Å². The average molecular weight is 281 g/mol. The Morgan fingerprint density at radius 3 is 2.58 bits per heavy atom. The Hall–Kier alpha value is -0.343. The van der Waals surface area contributed by atoms with Crippen molar-refractivity contribution < 1.29 is 4.43 Å². The zero-order chi connectivity index (χ0) is 14.5. The highest BCUT2D eigenvalue weighted by molar-refractivity contribution is 6.74. The van der Waals surface area contributed by atoms with Crippen LogP contribution < -0.4 is 0 Å². The summed E-state index contributed by atoms with van der Waals surface area (Å²) in [5.41, 5.74) is 0. The van der Waals surface area contributed by atoms with Gasteiger partial charge in [0.25, 0.3) is 0 Å². The predicted molar refractivity (Wildman–Crippen MR) is 88.0 cm³/mol. The van der Waals surface area contributed by atoms with Crippen molar-refractivity contribution in [1.82, 2.24) is 0 Å². The molecule has 0 saturated heterocycles. The van der Waals surface area contributed by atoms with Crippen LogP contribution in [0, 0.1) is 5.92 Å². The number of rotatable bonds is 5. The summed E-state index contributed by atoms with van der Waals surface area (Å²) >= 11 is 0. The van der Waals surface area contributed by atoms with Gasteiger partial charge in [0.2, 0.25) is 0 Å². The Balaban J connectivity index is 2.39. The van der Waals surface area contributed by atoms with Crippen LogP contribution in [0.2, 0.25) is 18.1 Å². The molecule has 0 radical (unpaired) electrons. The summed E-state index contributed by atoms with van der Waals surface area (Å²) < 4.78 is 6.36. The van der Waals surface area contributed by atoms with Crippen molar-refractivity contribution in [1.29, 1.82) is 0 Å². The molecule has 0 amide bonds. The van der Waals surface area contributed by atoms with Crippen LogP contribution in [0.5, 0.6) is 0 Å². The topological polar surface area (TPSA) is 9.23 Å². The van der Waals surface area contributed by atoms with Gasteiger partial charge >= 0.3 is 0 Å². The lowest BCUT2D eigenvalue weighted by molar-refractivity contribution is 0.202. The van der Waals surface area contributed by atoms with E-state index in [1.54, 1.807) is 0 Å². The van der Waals surface area contributed by atoms with E-state index in [9.17, 15) is 0 Å². The van der Waals surface area contributed by atoms with Crippen molar-refractivity contribution >= 4 is 8.32 Å². The maximum atomic E-state index is 6.36. The lowest BCUT2D eigenvalue weighted by Gasteiger charge is -2.38. The van der Waals surface area contributed by atoms with Crippen molar-refractivity contribution in [3.05, 3.63) is 24.3 Å². The summed E-state index contributed by atoms with van der Waals surface area (Å²) in [5.74, 6) is 0.661. The predicted octanol–water partition coefficient (Wildman–Crippen LogP) is 5.70. The van der Waals surface area contributed by atoms with Gasteiger partial charge in [0, 0.05) is 6.10 Å². The van der Waals surface area contributed by atoms with Crippen molar-refractivity contribution in [3.63, 3.8) is 0 Å². The summed E-state index contributed by atoms with van der Waals surface area (Å²) in [5, 5.41) is 0.303. The van der Waals surface area contributed by atoms with Crippen LogP contribution in [0.1, 0.15) is 53.4 Å². The molecule has 0 unspecified atom stereocenters. The zero-order valence-corrected chi connectivity index (χ0v) is 14.7. The van der Waals surface area contributed by atoms with Crippen LogP contribution >= 0.6 is 0 Å². The molecular formula is C17H32OSi. The normalized spacial score (nSPS) is 22.9. The van der Waals surface area contributed by atoms with Gasteiger partial charge in [-0.2, -0.15) is 0 Å². The molecule has 0 aromatic rings. The Kier molecular flexibility index (Phi) is 6.06. The van der Waals surface area contributed by atoms with Gasteiger partial charge in [0.15, 0.2) is 8.32 Å². The molecule has 2 heteroatoms. The SMILES string of the molecule is C[C@@H](C/C=C/[C@H]1C=CCCC1)O[Si](C)(C)C(C)(C)C. The van der Waals surface area contributed by atoms with E-state index < -0.39 is 8.32 Å². The minimum Gasteiger partial charge on any atom is -0.414 e. The van der Waals surface area contributed by atoms with Gasteiger partial charge in [-0.1, -0.05) is 45.1 Å². The third kappa shape index (κ3) is 5.66. The minimum absolute atomic E-state index is 0.303. The Morgan fingerprint density at radius 2 is 2.05 bits per heavy atom. The van der Waals surface area contributed by atoms with E-state index in [2.05, 4.69) is 65.1 Å². The van der Waals surface area contributed by atoms with Gasteiger partial charge in [-0.25, -0.2) is 0 Å². The van der Waals surface area contributed by atoms with Crippen LogP contribution in [0.3, 0.4) is 0 Å². The molecule has 0 bridgehead atoms. The standard InChI is InChI=1S/C17H32OSi/c1-15(18-19(5,6)17(2,3)4)11-10-14-16-12-8-7-9-13-16/h8,10,12,14-16H,7,9,11,13H2,1-6H3/b14-10+/t15-,16-/m0/s1. The first-order chi connectivity index (χ1) is 8.72. The highest BCUT2D eigenvalue weighted by Gasteiger charge is 2.38. The van der Waals surface area contributed by atoms with Gasteiger partial charge in [-0.3, -0.25) is 0 Å². The molecule has 1 aliphatic rings. The lowest BCUT2D eigenvalue weighted by atomic mass is 9.95. The fourth-order valence-electron chi connectivity index (χ4n) is 2.17. The number of hydrogen-bond acceptors (Lipinski definition) is 1. The zero-order valence-electron chi connectivity index (χ0n) is 13.7. The molecule has 0 saturated carbocycles. The molecule has 1 aliphatic carbocycles. The molecule has 0 aliphatic heterocycles.